The van der Waals surface area contributed by atoms with Crippen LogP contribution >= 0.6 is 0 Å². The highest BCUT2D eigenvalue weighted by Gasteiger charge is 2.21. The van der Waals surface area contributed by atoms with Gasteiger partial charge >= 0.3 is 0 Å². The van der Waals surface area contributed by atoms with Crippen LogP contribution < -0.4 is 4.72 Å². The van der Waals surface area contributed by atoms with Crippen LogP contribution in [0.25, 0.3) is 11.4 Å². The molecule has 0 amide bonds. The van der Waals surface area contributed by atoms with E-state index in [0.29, 0.717) is 23.5 Å². The van der Waals surface area contributed by atoms with Crippen LogP contribution in [-0.4, -0.2) is 41.6 Å². The molecule has 0 saturated carbocycles. The minimum atomic E-state index is -3.44. The van der Waals surface area contributed by atoms with Gasteiger partial charge in [0.15, 0.2) is 5.82 Å². The van der Waals surface area contributed by atoms with E-state index in [9.17, 15) is 8.42 Å². The van der Waals surface area contributed by atoms with E-state index in [4.69, 9.17) is 4.74 Å². The van der Waals surface area contributed by atoms with Gasteiger partial charge in [0.2, 0.25) is 10.0 Å². The Morgan fingerprint density at radius 3 is 2.91 bits per heavy atom. The first-order chi connectivity index (χ1) is 11.1. The zero-order chi connectivity index (χ0) is 16.3. The lowest BCUT2D eigenvalue weighted by molar-refractivity contribution is 0.109. The van der Waals surface area contributed by atoms with Crippen molar-refractivity contribution in [3.05, 3.63) is 30.6 Å². The summed E-state index contributed by atoms with van der Waals surface area (Å²) in [6.07, 6.45) is 4.10. The fourth-order valence-electron chi connectivity index (χ4n) is 2.67. The van der Waals surface area contributed by atoms with Gasteiger partial charge in [-0.1, -0.05) is 12.1 Å². The minimum Gasteiger partial charge on any atom is -0.378 e. The van der Waals surface area contributed by atoms with Crippen LogP contribution in [0.5, 0.6) is 0 Å². The number of aromatic nitrogens is 3. The lowest BCUT2D eigenvalue weighted by Crippen LogP contribution is -2.21. The maximum Gasteiger partial charge on any atom is 0.232 e. The Labute approximate surface area is 135 Å². The van der Waals surface area contributed by atoms with Crippen LogP contribution in [0.4, 0.5) is 5.69 Å². The fraction of sp³-hybridized carbons (Fsp3) is 0.467. The first kappa shape index (κ1) is 15.9. The molecule has 0 radical (unpaired) electrons. The maximum absolute atomic E-state index is 12.4. The fourth-order valence-corrected chi connectivity index (χ4v) is 3.86. The average Bonchev–Trinajstić information content (AvgIpc) is 3.17. The molecule has 0 bridgehead atoms. The number of nitrogens with one attached hydrogen (secondary N) is 1. The number of rotatable bonds is 6. The molecule has 7 nitrogen and oxygen atoms in total. The van der Waals surface area contributed by atoms with E-state index in [1.807, 2.05) is 19.2 Å². The second kappa shape index (κ2) is 6.67. The van der Waals surface area contributed by atoms with Crippen LogP contribution in [0.2, 0.25) is 0 Å². The van der Waals surface area contributed by atoms with Gasteiger partial charge < -0.3 is 9.30 Å². The highest BCUT2D eigenvalue weighted by Crippen LogP contribution is 2.26. The summed E-state index contributed by atoms with van der Waals surface area (Å²) in [5.41, 5.74) is 1.21. The van der Waals surface area contributed by atoms with Crippen LogP contribution in [0.15, 0.2) is 30.6 Å². The molecule has 0 aliphatic carbocycles. The van der Waals surface area contributed by atoms with Crippen molar-refractivity contribution < 1.29 is 13.2 Å². The van der Waals surface area contributed by atoms with E-state index in [1.54, 1.807) is 23.0 Å². The highest BCUT2D eigenvalue weighted by molar-refractivity contribution is 7.92. The Morgan fingerprint density at radius 1 is 1.39 bits per heavy atom. The Hall–Kier alpha value is -1.93. The molecular weight excluding hydrogens is 316 g/mol. The van der Waals surface area contributed by atoms with E-state index >= 15 is 0 Å². The van der Waals surface area contributed by atoms with E-state index in [-0.39, 0.29) is 11.9 Å². The summed E-state index contributed by atoms with van der Waals surface area (Å²) in [6, 6.07) is 7.18. The third kappa shape index (κ3) is 3.89. The van der Waals surface area contributed by atoms with Gasteiger partial charge in [0, 0.05) is 19.2 Å². The molecular formula is C15H20N4O3S. The smallest absolute Gasteiger partial charge is 0.232 e. The number of aryl methyl sites for hydroxylation is 1. The molecule has 1 fully saturated rings. The van der Waals surface area contributed by atoms with Crippen LogP contribution in [0.3, 0.4) is 0 Å². The molecule has 2 aromatic rings. The molecule has 3 rings (SSSR count). The van der Waals surface area contributed by atoms with Crippen molar-refractivity contribution in [2.75, 3.05) is 17.1 Å². The number of anilines is 1. The lowest BCUT2D eigenvalue weighted by atomic mass is 10.2. The zero-order valence-corrected chi connectivity index (χ0v) is 13.8. The summed E-state index contributed by atoms with van der Waals surface area (Å²) in [5, 5.41) is 7.89. The monoisotopic (exact) mass is 336 g/mol. The van der Waals surface area contributed by atoms with Crippen LogP contribution in [0, 0.1) is 0 Å². The van der Waals surface area contributed by atoms with Gasteiger partial charge in [-0.05, 0) is 31.4 Å². The summed E-state index contributed by atoms with van der Waals surface area (Å²) >= 11 is 0. The molecule has 2 heterocycles. The quantitative estimate of drug-likeness (QED) is 0.869. The van der Waals surface area contributed by atoms with E-state index in [1.165, 1.54) is 0 Å². The number of hydrogen-bond acceptors (Lipinski definition) is 5. The first-order valence-corrected chi connectivity index (χ1v) is 9.26. The molecule has 23 heavy (non-hydrogen) atoms. The predicted octanol–water partition coefficient (Wildman–Crippen LogP) is 1.79. The number of benzene rings is 1. The Kier molecular flexibility index (Phi) is 4.63. The van der Waals surface area contributed by atoms with Gasteiger partial charge in [-0.25, -0.2) is 8.42 Å². The van der Waals surface area contributed by atoms with Crippen LogP contribution in [0.1, 0.15) is 19.3 Å². The number of nitrogens with zero attached hydrogens (tertiary/aromatic N) is 3. The largest absolute Gasteiger partial charge is 0.378 e. The zero-order valence-electron chi connectivity index (χ0n) is 13.0. The SMILES string of the molecule is Cn1cnnc1-c1ccccc1NS(=O)(=O)CCC1CCCO1. The maximum atomic E-state index is 12.4. The molecule has 1 aliphatic heterocycles. The van der Waals surface area contributed by atoms with Crippen molar-refractivity contribution in [1.82, 2.24) is 14.8 Å². The van der Waals surface area contributed by atoms with Crippen molar-refractivity contribution in [3.8, 4) is 11.4 Å². The molecule has 1 aliphatic rings. The molecule has 1 N–H and O–H groups in total. The van der Waals surface area contributed by atoms with Gasteiger partial charge in [-0.2, -0.15) is 0 Å². The molecule has 1 aromatic heterocycles. The van der Waals surface area contributed by atoms with Crippen molar-refractivity contribution in [3.63, 3.8) is 0 Å². The molecule has 0 spiro atoms. The molecule has 1 atom stereocenters. The van der Waals surface area contributed by atoms with Crippen LogP contribution in [-0.2, 0) is 21.8 Å². The normalized spacial score (nSPS) is 18.2. The van der Waals surface area contributed by atoms with Gasteiger partial charge in [0.25, 0.3) is 0 Å². The summed E-state index contributed by atoms with van der Waals surface area (Å²) in [7, 11) is -1.62. The van der Waals surface area contributed by atoms with E-state index in [0.717, 1.165) is 19.4 Å². The summed E-state index contributed by atoms with van der Waals surface area (Å²) in [5.74, 6) is 0.660. The molecule has 8 heteroatoms. The summed E-state index contributed by atoms with van der Waals surface area (Å²) < 4.78 is 34.6. The Morgan fingerprint density at radius 2 is 2.22 bits per heavy atom. The summed E-state index contributed by atoms with van der Waals surface area (Å²) in [6.45, 7) is 0.729. The Bertz CT molecular complexity index is 767. The van der Waals surface area contributed by atoms with Gasteiger partial charge in [-0.15, -0.1) is 10.2 Å². The van der Waals surface area contributed by atoms with Crippen molar-refractivity contribution in [1.29, 1.82) is 0 Å². The minimum absolute atomic E-state index is 0.0464. The highest BCUT2D eigenvalue weighted by atomic mass is 32.2. The third-order valence-electron chi connectivity index (χ3n) is 3.88. The predicted molar refractivity (Wildman–Crippen MR) is 87.4 cm³/mol. The third-order valence-corrected chi connectivity index (χ3v) is 5.18. The second-order valence-electron chi connectivity index (χ2n) is 5.66. The van der Waals surface area contributed by atoms with Gasteiger partial charge in [-0.3, -0.25) is 4.72 Å². The van der Waals surface area contributed by atoms with Crippen molar-refractivity contribution in [2.45, 2.75) is 25.4 Å². The van der Waals surface area contributed by atoms with Crippen molar-refractivity contribution in [2.24, 2.45) is 7.05 Å². The summed E-state index contributed by atoms with van der Waals surface area (Å²) in [4.78, 5) is 0. The van der Waals surface area contributed by atoms with E-state index < -0.39 is 10.0 Å². The van der Waals surface area contributed by atoms with E-state index in [2.05, 4.69) is 14.9 Å². The lowest BCUT2D eigenvalue weighted by Gasteiger charge is -2.13. The molecule has 1 unspecified atom stereocenters. The second-order valence-corrected chi connectivity index (χ2v) is 7.50. The van der Waals surface area contributed by atoms with Gasteiger partial charge in [0.1, 0.15) is 6.33 Å². The topological polar surface area (TPSA) is 86.1 Å². The Balaban J connectivity index is 1.75. The molecule has 124 valence electrons. The average molecular weight is 336 g/mol. The van der Waals surface area contributed by atoms with Crippen molar-refractivity contribution >= 4 is 15.7 Å². The number of sulfonamides is 1. The number of hydrogen-bond donors (Lipinski definition) is 1. The van der Waals surface area contributed by atoms with Gasteiger partial charge in [0.05, 0.1) is 17.5 Å². The standard InChI is InChI=1S/C15H20N4O3S/c1-19-11-16-17-15(19)13-6-2-3-7-14(13)18-23(20,21)10-8-12-5-4-9-22-12/h2-3,6-7,11-12,18H,4-5,8-10H2,1H3. The first-order valence-electron chi connectivity index (χ1n) is 7.61. The number of para-hydroxylation sites is 1. The molecule has 1 saturated heterocycles. The molecule has 1 aromatic carbocycles. The number of ether oxygens (including phenoxy) is 1.